The zero-order valence-electron chi connectivity index (χ0n) is 8.84. The predicted octanol–water partition coefficient (Wildman–Crippen LogP) is 3.54. The van der Waals surface area contributed by atoms with Gasteiger partial charge in [0.25, 0.3) is 6.43 Å². The molecule has 0 bridgehead atoms. The van der Waals surface area contributed by atoms with Crippen LogP contribution in [0.1, 0.15) is 35.1 Å². The molecule has 0 radical (unpaired) electrons. The van der Waals surface area contributed by atoms with E-state index in [1.807, 2.05) is 22.6 Å². The van der Waals surface area contributed by atoms with Gasteiger partial charge in [0.1, 0.15) is 5.69 Å². The van der Waals surface area contributed by atoms with Gasteiger partial charge in [-0.25, -0.2) is 18.6 Å². The fourth-order valence-electron chi connectivity index (χ4n) is 1.18. The van der Waals surface area contributed by atoms with Crippen LogP contribution >= 0.6 is 34.2 Å². The van der Waals surface area contributed by atoms with Crippen molar-refractivity contribution in [3.8, 4) is 0 Å². The largest absolute Gasteiger partial charge is 0.462 e. The van der Waals surface area contributed by atoms with Gasteiger partial charge < -0.3 is 4.74 Å². The normalized spacial score (nSPS) is 10.7. The molecular weight excluding hydrogens is 366 g/mol. The molecule has 0 amide bonds. The summed E-state index contributed by atoms with van der Waals surface area (Å²) in [5.74, 6) is -0.782. The highest BCUT2D eigenvalue weighted by Gasteiger charge is 2.23. The van der Waals surface area contributed by atoms with Crippen LogP contribution < -0.4 is 0 Å². The first-order chi connectivity index (χ1) is 8.01. The number of pyridine rings is 1. The Kier molecular flexibility index (Phi) is 5.51. The number of carbonyl (C=O) groups is 1. The van der Waals surface area contributed by atoms with Crippen molar-refractivity contribution in [3.05, 3.63) is 26.6 Å². The van der Waals surface area contributed by atoms with E-state index in [0.717, 1.165) is 0 Å². The van der Waals surface area contributed by atoms with Gasteiger partial charge in [0, 0.05) is 3.57 Å². The molecule has 0 atom stereocenters. The van der Waals surface area contributed by atoms with Crippen molar-refractivity contribution in [2.75, 3.05) is 6.61 Å². The van der Waals surface area contributed by atoms with Gasteiger partial charge in [-0.2, -0.15) is 0 Å². The lowest BCUT2D eigenvalue weighted by Crippen LogP contribution is -2.12. The molecule has 0 saturated heterocycles. The average Bonchev–Trinajstić information content (AvgIpc) is 2.28. The topological polar surface area (TPSA) is 39.2 Å². The monoisotopic (exact) mass is 375 g/mol. The summed E-state index contributed by atoms with van der Waals surface area (Å²) in [7, 11) is 0. The summed E-state index contributed by atoms with van der Waals surface area (Å²) in [6.07, 6.45) is -2.84. The second kappa shape index (κ2) is 6.44. The van der Waals surface area contributed by atoms with Crippen LogP contribution in [-0.2, 0) is 10.6 Å². The Labute approximate surface area is 116 Å². The number of aromatic nitrogens is 1. The molecule has 0 aliphatic carbocycles. The lowest BCUT2D eigenvalue weighted by molar-refractivity contribution is 0.0513. The van der Waals surface area contributed by atoms with Crippen LogP contribution in [0.15, 0.2) is 6.07 Å². The summed E-state index contributed by atoms with van der Waals surface area (Å²) < 4.78 is 30.8. The maximum atomic E-state index is 12.8. The minimum absolute atomic E-state index is 0.0150. The van der Waals surface area contributed by atoms with Gasteiger partial charge in [0.15, 0.2) is 0 Å². The summed E-state index contributed by atoms with van der Waals surface area (Å²) in [5, 5.41) is 0. The maximum Gasteiger partial charge on any atom is 0.340 e. The fourth-order valence-corrected chi connectivity index (χ4v) is 2.23. The molecule has 17 heavy (non-hydrogen) atoms. The van der Waals surface area contributed by atoms with Gasteiger partial charge in [-0.3, -0.25) is 0 Å². The SMILES string of the molecule is CCOC(=O)c1cc(I)c(CCl)nc1C(F)F. The van der Waals surface area contributed by atoms with E-state index in [1.165, 1.54) is 6.07 Å². The Bertz CT molecular complexity index is 429. The van der Waals surface area contributed by atoms with Crippen LogP contribution in [-0.4, -0.2) is 17.6 Å². The number of alkyl halides is 3. The molecule has 0 spiro atoms. The van der Waals surface area contributed by atoms with E-state index in [-0.39, 0.29) is 18.1 Å². The van der Waals surface area contributed by atoms with Crippen molar-refractivity contribution >= 4 is 40.2 Å². The molecule has 0 aliphatic heterocycles. The number of nitrogens with zero attached hydrogens (tertiary/aromatic N) is 1. The van der Waals surface area contributed by atoms with Crippen molar-refractivity contribution in [1.29, 1.82) is 0 Å². The molecule has 7 heteroatoms. The van der Waals surface area contributed by atoms with Crippen LogP contribution in [0.5, 0.6) is 0 Å². The molecule has 0 aromatic carbocycles. The van der Waals surface area contributed by atoms with E-state index in [9.17, 15) is 13.6 Å². The Hall–Kier alpha value is -0.500. The number of esters is 1. The first-order valence-corrected chi connectivity index (χ1v) is 6.33. The average molecular weight is 376 g/mol. The van der Waals surface area contributed by atoms with Gasteiger partial charge in [-0.15, -0.1) is 11.6 Å². The zero-order chi connectivity index (χ0) is 13.0. The predicted molar refractivity (Wildman–Crippen MR) is 67.4 cm³/mol. The van der Waals surface area contributed by atoms with Crippen molar-refractivity contribution in [2.24, 2.45) is 0 Å². The lowest BCUT2D eigenvalue weighted by Gasteiger charge is -2.10. The minimum atomic E-state index is -2.84. The van der Waals surface area contributed by atoms with Crippen LogP contribution in [0.2, 0.25) is 0 Å². The molecule has 1 aromatic rings. The van der Waals surface area contributed by atoms with Crippen molar-refractivity contribution < 1.29 is 18.3 Å². The maximum absolute atomic E-state index is 12.8. The Morgan fingerprint density at radius 1 is 1.65 bits per heavy atom. The lowest BCUT2D eigenvalue weighted by atomic mass is 10.2. The number of halogens is 4. The molecule has 3 nitrogen and oxygen atoms in total. The molecule has 1 aromatic heterocycles. The van der Waals surface area contributed by atoms with E-state index in [2.05, 4.69) is 4.98 Å². The van der Waals surface area contributed by atoms with Crippen LogP contribution in [0.25, 0.3) is 0 Å². The van der Waals surface area contributed by atoms with Gasteiger partial charge in [0.2, 0.25) is 0 Å². The van der Waals surface area contributed by atoms with E-state index < -0.39 is 18.1 Å². The Balaban J connectivity index is 3.27. The summed E-state index contributed by atoms with van der Waals surface area (Å²) >= 11 is 7.46. The third-order valence-electron chi connectivity index (χ3n) is 1.91. The molecule has 0 fully saturated rings. The van der Waals surface area contributed by atoms with Gasteiger partial charge in [0.05, 0.1) is 23.7 Å². The van der Waals surface area contributed by atoms with E-state index >= 15 is 0 Å². The Morgan fingerprint density at radius 3 is 2.76 bits per heavy atom. The third kappa shape index (κ3) is 3.48. The number of ether oxygens (including phenoxy) is 1. The van der Waals surface area contributed by atoms with Crippen LogP contribution in [0, 0.1) is 3.57 Å². The third-order valence-corrected chi connectivity index (χ3v) is 3.09. The van der Waals surface area contributed by atoms with Gasteiger partial charge in [-0.1, -0.05) is 0 Å². The molecule has 0 N–H and O–H groups in total. The summed E-state index contributed by atoms with van der Waals surface area (Å²) in [6, 6.07) is 1.32. The molecule has 1 rings (SSSR count). The number of hydrogen-bond donors (Lipinski definition) is 0. The number of carbonyl (C=O) groups excluding carboxylic acids is 1. The van der Waals surface area contributed by atoms with Gasteiger partial charge in [-0.05, 0) is 35.6 Å². The molecule has 94 valence electrons. The summed E-state index contributed by atoms with van der Waals surface area (Å²) in [4.78, 5) is 15.2. The van der Waals surface area contributed by atoms with Crippen molar-refractivity contribution in [3.63, 3.8) is 0 Å². The highest BCUT2D eigenvalue weighted by Crippen LogP contribution is 2.25. The van der Waals surface area contributed by atoms with E-state index in [1.54, 1.807) is 6.92 Å². The molecular formula is C10H9ClF2INO2. The first-order valence-electron chi connectivity index (χ1n) is 4.71. The molecule has 0 aliphatic rings. The van der Waals surface area contributed by atoms with E-state index in [4.69, 9.17) is 16.3 Å². The quantitative estimate of drug-likeness (QED) is 0.459. The molecule has 0 saturated carbocycles. The molecule has 0 unspecified atom stereocenters. The fraction of sp³-hybridized carbons (Fsp3) is 0.400. The van der Waals surface area contributed by atoms with Gasteiger partial charge >= 0.3 is 5.97 Å². The first kappa shape index (κ1) is 14.6. The zero-order valence-corrected chi connectivity index (χ0v) is 11.8. The highest BCUT2D eigenvalue weighted by atomic mass is 127. The second-order valence-electron chi connectivity index (χ2n) is 3.00. The minimum Gasteiger partial charge on any atom is -0.462 e. The van der Waals surface area contributed by atoms with Crippen LogP contribution in [0.4, 0.5) is 8.78 Å². The smallest absolute Gasteiger partial charge is 0.340 e. The summed E-state index contributed by atoms with van der Waals surface area (Å²) in [5.41, 5.74) is -0.463. The second-order valence-corrected chi connectivity index (χ2v) is 4.43. The summed E-state index contributed by atoms with van der Waals surface area (Å²) in [6.45, 7) is 1.72. The van der Waals surface area contributed by atoms with Crippen molar-refractivity contribution in [1.82, 2.24) is 4.98 Å². The number of hydrogen-bond acceptors (Lipinski definition) is 3. The highest BCUT2D eigenvalue weighted by molar-refractivity contribution is 14.1. The van der Waals surface area contributed by atoms with Crippen molar-refractivity contribution in [2.45, 2.75) is 19.2 Å². The van der Waals surface area contributed by atoms with E-state index in [0.29, 0.717) is 9.26 Å². The number of rotatable bonds is 4. The molecule has 1 heterocycles. The van der Waals surface area contributed by atoms with Crippen LogP contribution in [0.3, 0.4) is 0 Å². The Morgan fingerprint density at radius 2 is 2.29 bits per heavy atom. The standard InChI is InChI=1S/C10H9ClF2INO2/c1-2-17-10(16)5-3-6(14)7(4-11)15-8(5)9(12)13/h3,9H,2,4H2,1H3.